The summed E-state index contributed by atoms with van der Waals surface area (Å²) in [7, 11) is 2.15. The van der Waals surface area contributed by atoms with Gasteiger partial charge >= 0.3 is 0 Å². The van der Waals surface area contributed by atoms with Crippen molar-refractivity contribution in [2.75, 3.05) is 6.54 Å². The number of hydrogen-bond acceptors (Lipinski definition) is 1. The molecule has 0 saturated carbocycles. The van der Waals surface area contributed by atoms with Gasteiger partial charge in [0, 0.05) is 23.6 Å². The number of aromatic nitrogens is 1. The molecule has 2 nitrogen and oxygen atoms in total. The van der Waals surface area contributed by atoms with E-state index in [9.17, 15) is 0 Å². The van der Waals surface area contributed by atoms with Crippen molar-refractivity contribution in [1.29, 1.82) is 0 Å². The van der Waals surface area contributed by atoms with Gasteiger partial charge in [0.1, 0.15) is 0 Å². The Morgan fingerprint density at radius 2 is 2.06 bits per heavy atom. The zero-order valence-electron chi connectivity index (χ0n) is 11.1. The minimum Gasteiger partial charge on any atom is -0.348 e. The average Bonchev–Trinajstić information content (AvgIpc) is 2.59. The Balaban J connectivity index is 2.58. The van der Waals surface area contributed by atoms with E-state index in [-0.39, 0.29) is 0 Å². The van der Waals surface area contributed by atoms with Gasteiger partial charge < -0.3 is 10.3 Å². The number of fused-ring (bicyclic) bond motifs is 1. The van der Waals surface area contributed by atoms with Gasteiger partial charge in [-0.3, -0.25) is 0 Å². The summed E-state index contributed by atoms with van der Waals surface area (Å²) in [6.45, 7) is 5.18. The largest absolute Gasteiger partial charge is 0.348 e. The monoisotopic (exact) mass is 230 g/mol. The summed E-state index contributed by atoms with van der Waals surface area (Å²) >= 11 is 0. The first-order valence-electron chi connectivity index (χ1n) is 6.45. The molecule has 2 N–H and O–H groups in total. The zero-order valence-corrected chi connectivity index (χ0v) is 11.1. The maximum atomic E-state index is 5.63. The molecule has 17 heavy (non-hydrogen) atoms. The van der Waals surface area contributed by atoms with Crippen LogP contribution >= 0.6 is 0 Å². The Hall–Kier alpha value is -1.28. The normalized spacial score (nSPS) is 11.3. The maximum absolute atomic E-state index is 5.63. The third-order valence-electron chi connectivity index (χ3n) is 3.73. The molecular weight excluding hydrogens is 208 g/mol. The van der Waals surface area contributed by atoms with Crippen LogP contribution in [0, 0.1) is 6.92 Å². The molecule has 1 aromatic heterocycles. The molecule has 0 aliphatic rings. The summed E-state index contributed by atoms with van der Waals surface area (Å²) in [5.74, 6) is 0. The van der Waals surface area contributed by atoms with Crippen molar-refractivity contribution in [3.05, 3.63) is 35.0 Å². The minimum absolute atomic E-state index is 0.767. The third-order valence-corrected chi connectivity index (χ3v) is 3.73. The third kappa shape index (κ3) is 2.09. The van der Waals surface area contributed by atoms with Gasteiger partial charge in [-0.15, -0.1) is 0 Å². The highest BCUT2D eigenvalue weighted by molar-refractivity contribution is 5.86. The Morgan fingerprint density at radius 3 is 2.71 bits per heavy atom. The van der Waals surface area contributed by atoms with E-state index in [1.807, 2.05) is 0 Å². The smallest absolute Gasteiger partial charge is 0.0482 e. The molecule has 0 aliphatic heterocycles. The molecule has 92 valence electrons. The van der Waals surface area contributed by atoms with Crippen LogP contribution < -0.4 is 5.73 Å². The summed E-state index contributed by atoms with van der Waals surface area (Å²) in [5.41, 5.74) is 11.2. The number of rotatable bonds is 4. The lowest BCUT2D eigenvalue weighted by molar-refractivity contribution is 0.816. The molecule has 2 aromatic rings. The van der Waals surface area contributed by atoms with Crippen molar-refractivity contribution in [3.8, 4) is 0 Å². The number of nitrogens with zero attached hydrogens (tertiary/aromatic N) is 1. The fraction of sp³-hybridized carbons (Fsp3) is 0.467. The first-order valence-corrected chi connectivity index (χ1v) is 6.45. The second-order valence-corrected chi connectivity index (χ2v) is 4.72. The van der Waals surface area contributed by atoms with Crippen molar-refractivity contribution < 1.29 is 0 Å². The molecule has 0 radical (unpaired) electrons. The molecule has 0 atom stereocenters. The SMILES string of the molecule is CCc1ccc2c(c1)c(CCCN)c(C)n2C. The lowest BCUT2D eigenvalue weighted by atomic mass is 10.0. The van der Waals surface area contributed by atoms with E-state index in [0.717, 1.165) is 25.8 Å². The van der Waals surface area contributed by atoms with E-state index >= 15 is 0 Å². The lowest BCUT2D eigenvalue weighted by Gasteiger charge is -2.01. The second-order valence-electron chi connectivity index (χ2n) is 4.72. The van der Waals surface area contributed by atoms with Crippen molar-refractivity contribution >= 4 is 10.9 Å². The van der Waals surface area contributed by atoms with E-state index in [2.05, 4.69) is 43.7 Å². The van der Waals surface area contributed by atoms with Gasteiger partial charge in [-0.05, 0) is 56.0 Å². The highest BCUT2D eigenvalue weighted by Crippen LogP contribution is 2.27. The molecule has 0 amide bonds. The Bertz CT molecular complexity index is 523. The summed E-state index contributed by atoms with van der Waals surface area (Å²) in [6, 6.07) is 6.82. The van der Waals surface area contributed by atoms with Gasteiger partial charge in [-0.2, -0.15) is 0 Å². The van der Waals surface area contributed by atoms with Crippen molar-refractivity contribution in [3.63, 3.8) is 0 Å². The standard InChI is InChI=1S/C15H22N2/c1-4-12-7-8-15-14(10-12)13(6-5-9-16)11(2)17(15)3/h7-8,10H,4-6,9,16H2,1-3H3. The van der Waals surface area contributed by atoms with Crippen molar-refractivity contribution in [1.82, 2.24) is 4.57 Å². The molecular formula is C15H22N2. The zero-order chi connectivity index (χ0) is 12.4. The summed E-state index contributed by atoms with van der Waals surface area (Å²) in [5, 5.41) is 1.41. The molecule has 2 rings (SSSR count). The first kappa shape index (κ1) is 12.2. The van der Waals surface area contributed by atoms with Crippen LogP contribution in [0.5, 0.6) is 0 Å². The molecule has 0 fully saturated rings. The predicted molar refractivity (Wildman–Crippen MR) is 74.4 cm³/mol. The lowest BCUT2D eigenvalue weighted by Crippen LogP contribution is -2.01. The molecule has 2 heteroatoms. The van der Waals surface area contributed by atoms with Gasteiger partial charge in [0.15, 0.2) is 0 Å². The van der Waals surface area contributed by atoms with E-state index in [1.165, 1.54) is 27.7 Å². The predicted octanol–water partition coefficient (Wildman–Crippen LogP) is 2.94. The Morgan fingerprint density at radius 1 is 1.29 bits per heavy atom. The van der Waals surface area contributed by atoms with Gasteiger partial charge in [-0.25, -0.2) is 0 Å². The van der Waals surface area contributed by atoms with Crippen molar-refractivity contribution in [2.24, 2.45) is 12.8 Å². The first-order chi connectivity index (χ1) is 8.19. The van der Waals surface area contributed by atoms with Crippen LogP contribution in [0.15, 0.2) is 18.2 Å². The van der Waals surface area contributed by atoms with Crippen LogP contribution in [0.4, 0.5) is 0 Å². The summed E-state index contributed by atoms with van der Waals surface area (Å²) in [6.07, 6.45) is 3.25. The van der Waals surface area contributed by atoms with Gasteiger partial charge in [0.25, 0.3) is 0 Å². The van der Waals surface area contributed by atoms with Crippen LogP contribution in [-0.2, 0) is 19.9 Å². The molecule has 1 aromatic carbocycles. The van der Waals surface area contributed by atoms with E-state index in [0.29, 0.717) is 0 Å². The molecule has 0 bridgehead atoms. The van der Waals surface area contributed by atoms with E-state index in [1.54, 1.807) is 0 Å². The molecule has 0 saturated heterocycles. The summed E-state index contributed by atoms with van der Waals surface area (Å²) < 4.78 is 2.29. The number of nitrogens with two attached hydrogens (primary N) is 1. The van der Waals surface area contributed by atoms with Gasteiger partial charge in [0.2, 0.25) is 0 Å². The number of benzene rings is 1. The van der Waals surface area contributed by atoms with Crippen LogP contribution in [0.3, 0.4) is 0 Å². The number of aryl methyl sites for hydroxylation is 3. The number of hydrogen-bond donors (Lipinski definition) is 1. The highest BCUT2D eigenvalue weighted by Gasteiger charge is 2.11. The van der Waals surface area contributed by atoms with Crippen LogP contribution in [0.1, 0.15) is 30.2 Å². The van der Waals surface area contributed by atoms with Gasteiger partial charge in [0.05, 0.1) is 0 Å². The van der Waals surface area contributed by atoms with E-state index in [4.69, 9.17) is 5.73 Å². The molecule has 0 unspecified atom stereocenters. The van der Waals surface area contributed by atoms with Gasteiger partial charge in [-0.1, -0.05) is 13.0 Å². The second kappa shape index (κ2) is 4.92. The topological polar surface area (TPSA) is 30.9 Å². The fourth-order valence-corrected chi connectivity index (χ4v) is 2.51. The van der Waals surface area contributed by atoms with Crippen LogP contribution in [-0.4, -0.2) is 11.1 Å². The molecule has 0 aliphatic carbocycles. The Kier molecular flexibility index (Phi) is 3.53. The summed E-state index contributed by atoms with van der Waals surface area (Å²) in [4.78, 5) is 0. The minimum atomic E-state index is 0.767. The fourth-order valence-electron chi connectivity index (χ4n) is 2.51. The van der Waals surface area contributed by atoms with Crippen LogP contribution in [0.2, 0.25) is 0 Å². The maximum Gasteiger partial charge on any atom is 0.0482 e. The van der Waals surface area contributed by atoms with Crippen molar-refractivity contribution in [2.45, 2.75) is 33.1 Å². The average molecular weight is 230 g/mol. The van der Waals surface area contributed by atoms with Crippen LogP contribution in [0.25, 0.3) is 10.9 Å². The Labute approximate surface area is 103 Å². The van der Waals surface area contributed by atoms with E-state index < -0.39 is 0 Å². The molecule has 0 spiro atoms. The highest BCUT2D eigenvalue weighted by atomic mass is 14.9. The molecule has 1 heterocycles. The quantitative estimate of drug-likeness (QED) is 0.860.